The molecule has 0 spiro atoms. The summed E-state index contributed by atoms with van der Waals surface area (Å²) in [6.45, 7) is 12.0. The molecule has 0 N–H and O–H groups in total. The average Bonchev–Trinajstić information content (AvgIpc) is 2.16. The highest BCUT2D eigenvalue weighted by Gasteiger charge is 2.06. The van der Waals surface area contributed by atoms with Crippen molar-refractivity contribution >= 4 is 11.6 Å². The molecule has 0 aliphatic heterocycles. The third-order valence-corrected chi connectivity index (χ3v) is 2.07. The van der Waals surface area contributed by atoms with Crippen LogP contribution in [0.15, 0.2) is 31.5 Å². The first-order chi connectivity index (χ1) is 6.16. The third kappa shape index (κ3) is 2.05. The van der Waals surface area contributed by atoms with E-state index >= 15 is 0 Å². The van der Waals surface area contributed by atoms with Crippen LogP contribution < -0.4 is 0 Å². The van der Waals surface area contributed by atoms with E-state index in [0.29, 0.717) is 5.92 Å². The van der Waals surface area contributed by atoms with Gasteiger partial charge in [0.15, 0.2) is 0 Å². The lowest BCUT2D eigenvalue weighted by Crippen LogP contribution is -1.96. The van der Waals surface area contributed by atoms with Crippen LogP contribution in [-0.2, 0) is 0 Å². The number of pyridine rings is 1. The molecule has 0 atom stereocenters. The zero-order valence-electron chi connectivity index (χ0n) is 8.25. The van der Waals surface area contributed by atoms with E-state index in [4.69, 9.17) is 0 Å². The Morgan fingerprint density at radius 2 is 2.23 bits per heavy atom. The van der Waals surface area contributed by atoms with Crippen LogP contribution in [0.3, 0.4) is 0 Å². The van der Waals surface area contributed by atoms with Gasteiger partial charge in [-0.3, -0.25) is 4.98 Å². The molecule has 0 fully saturated rings. The second-order valence-electron chi connectivity index (χ2n) is 3.32. The van der Waals surface area contributed by atoms with E-state index < -0.39 is 0 Å². The lowest BCUT2D eigenvalue weighted by atomic mass is 9.96. The molecule has 1 nitrogen and oxygen atoms in total. The molecule has 1 heterocycles. The number of hydrogen-bond donors (Lipinski definition) is 0. The maximum Gasteiger partial charge on any atom is 0.0698 e. The molecule has 0 aromatic carbocycles. The van der Waals surface area contributed by atoms with Gasteiger partial charge in [-0.2, -0.15) is 0 Å². The predicted octanol–water partition coefficient (Wildman–Crippen LogP) is 3.39. The van der Waals surface area contributed by atoms with Gasteiger partial charge in [0.25, 0.3) is 0 Å². The Labute approximate surface area is 79.8 Å². The van der Waals surface area contributed by atoms with Gasteiger partial charge in [0.2, 0.25) is 0 Å². The second kappa shape index (κ2) is 4.04. The molecule has 68 valence electrons. The van der Waals surface area contributed by atoms with Crippen molar-refractivity contribution in [2.75, 3.05) is 0 Å². The molecule has 1 aromatic rings. The topological polar surface area (TPSA) is 12.9 Å². The molecule has 0 unspecified atom stereocenters. The van der Waals surface area contributed by atoms with Crippen LogP contribution in [0.4, 0.5) is 0 Å². The summed E-state index contributed by atoms with van der Waals surface area (Å²) in [6.07, 6.45) is 3.54. The smallest absolute Gasteiger partial charge is 0.0698 e. The quantitative estimate of drug-likeness (QED) is 0.682. The summed E-state index contributed by atoms with van der Waals surface area (Å²) in [5, 5.41) is 0. The maximum atomic E-state index is 4.22. The summed E-state index contributed by atoms with van der Waals surface area (Å²) in [4.78, 5) is 4.22. The van der Waals surface area contributed by atoms with Gasteiger partial charge in [0.1, 0.15) is 0 Å². The van der Waals surface area contributed by atoms with Gasteiger partial charge in [0, 0.05) is 11.8 Å². The van der Waals surface area contributed by atoms with Crippen LogP contribution >= 0.6 is 0 Å². The van der Waals surface area contributed by atoms with Crippen molar-refractivity contribution in [2.45, 2.75) is 13.8 Å². The van der Waals surface area contributed by atoms with Crippen molar-refractivity contribution in [3.8, 4) is 0 Å². The lowest BCUT2D eigenvalue weighted by molar-refractivity contribution is 0.856. The fourth-order valence-electron chi connectivity index (χ4n) is 1.16. The summed E-state index contributed by atoms with van der Waals surface area (Å²) in [6, 6.07) is 3.96. The van der Waals surface area contributed by atoms with Gasteiger partial charge in [-0.1, -0.05) is 33.1 Å². The minimum atomic E-state index is 0.447. The van der Waals surface area contributed by atoms with Crippen LogP contribution in [0.25, 0.3) is 11.6 Å². The highest BCUT2D eigenvalue weighted by Crippen LogP contribution is 2.23. The first-order valence-electron chi connectivity index (χ1n) is 4.43. The van der Waals surface area contributed by atoms with Crippen molar-refractivity contribution in [2.24, 2.45) is 5.92 Å². The number of allylic oxidation sites excluding steroid dienone is 1. The Hall–Kier alpha value is -1.37. The second-order valence-corrected chi connectivity index (χ2v) is 3.32. The molecule has 0 amide bonds. The van der Waals surface area contributed by atoms with Gasteiger partial charge in [-0.25, -0.2) is 0 Å². The van der Waals surface area contributed by atoms with E-state index in [9.17, 15) is 0 Å². The molecule has 1 aromatic heterocycles. The standard InChI is InChI=1S/C12H15N/c1-5-12-11(7-6-8-13-12)10(4)9(2)3/h5-9H,1,4H2,2-3H3. The number of hydrogen-bond acceptors (Lipinski definition) is 1. The van der Waals surface area contributed by atoms with Crippen LogP contribution in [0, 0.1) is 5.92 Å². The summed E-state index contributed by atoms with van der Waals surface area (Å²) >= 11 is 0. The van der Waals surface area contributed by atoms with Crippen molar-refractivity contribution in [1.29, 1.82) is 0 Å². The molecule has 1 heteroatoms. The van der Waals surface area contributed by atoms with Gasteiger partial charge < -0.3 is 0 Å². The largest absolute Gasteiger partial charge is 0.256 e. The van der Waals surface area contributed by atoms with Crippen molar-refractivity contribution in [3.63, 3.8) is 0 Å². The first kappa shape index (κ1) is 9.72. The van der Waals surface area contributed by atoms with Gasteiger partial charge in [-0.15, -0.1) is 0 Å². The molecule has 0 radical (unpaired) electrons. The fraction of sp³-hybridized carbons (Fsp3) is 0.250. The monoisotopic (exact) mass is 173 g/mol. The van der Waals surface area contributed by atoms with Crippen LogP contribution in [-0.4, -0.2) is 4.98 Å². The Morgan fingerprint density at radius 1 is 1.54 bits per heavy atom. The minimum Gasteiger partial charge on any atom is -0.256 e. The van der Waals surface area contributed by atoms with Crippen molar-refractivity contribution < 1.29 is 0 Å². The summed E-state index contributed by atoms with van der Waals surface area (Å²) in [5.41, 5.74) is 3.14. The van der Waals surface area contributed by atoms with E-state index in [0.717, 1.165) is 16.8 Å². The Kier molecular flexibility index (Phi) is 3.02. The maximum absolute atomic E-state index is 4.22. The van der Waals surface area contributed by atoms with Crippen LogP contribution in [0.1, 0.15) is 25.1 Å². The van der Waals surface area contributed by atoms with Gasteiger partial charge in [0.05, 0.1) is 5.69 Å². The zero-order chi connectivity index (χ0) is 9.84. The Balaban J connectivity index is 3.13. The molecule has 0 saturated heterocycles. The Morgan fingerprint density at radius 3 is 2.77 bits per heavy atom. The first-order valence-corrected chi connectivity index (χ1v) is 4.43. The minimum absolute atomic E-state index is 0.447. The molecule has 0 aliphatic carbocycles. The van der Waals surface area contributed by atoms with Crippen molar-refractivity contribution in [3.05, 3.63) is 42.7 Å². The molecule has 0 aliphatic rings. The molecular weight excluding hydrogens is 158 g/mol. The summed E-state index contributed by atoms with van der Waals surface area (Å²) in [5.74, 6) is 0.447. The fourth-order valence-corrected chi connectivity index (χ4v) is 1.16. The van der Waals surface area contributed by atoms with E-state index in [-0.39, 0.29) is 0 Å². The number of nitrogens with zero attached hydrogens (tertiary/aromatic N) is 1. The van der Waals surface area contributed by atoms with Crippen LogP contribution in [0.2, 0.25) is 0 Å². The zero-order valence-corrected chi connectivity index (χ0v) is 8.25. The SMILES string of the molecule is C=Cc1ncccc1C(=C)C(C)C. The summed E-state index contributed by atoms with van der Waals surface area (Å²) < 4.78 is 0. The Bertz CT molecular complexity index is 324. The normalized spacial score (nSPS) is 10.1. The van der Waals surface area contributed by atoms with E-state index in [1.165, 1.54) is 0 Å². The van der Waals surface area contributed by atoms with Gasteiger partial charge in [-0.05, 0) is 23.6 Å². The predicted molar refractivity (Wildman–Crippen MR) is 58.2 cm³/mol. The summed E-state index contributed by atoms with van der Waals surface area (Å²) in [7, 11) is 0. The molecule has 1 rings (SSSR count). The van der Waals surface area contributed by atoms with E-state index in [1.807, 2.05) is 12.1 Å². The number of rotatable bonds is 3. The van der Waals surface area contributed by atoms with E-state index in [1.54, 1.807) is 12.3 Å². The van der Waals surface area contributed by atoms with Crippen molar-refractivity contribution in [1.82, 2.24) is 4.98 Å². The highest BCUT2D eigenvalue weighted by molar-refractivity contribution is 5.71. The molecule has 13 heavy (non-hydrogen) atoms. The molecule has 0 saturated carbocycles. The highest BCUT2D eigenvalue weighted by atomic mass is 14.7. The van der Waals surface area contributed by atoms with E-state index in [2.05, 4.69) is 32.0 Å². The third-order valence-electron chi connectivity index (χ3n) is 2.07. The molecular formula is C12H15N. The molecule has 0 bridgehead atoms. The average molecular weight is 173 g/mol. The van der Waals surface area contributed by atoms with Crippen LogP contribution in [0.5, 0.6) is 0 Å². The number of aromatic nitrogens is 1. The lowest BCUT2D eigenvalue weighted by Gasteiger charge is -2.11. The van der Waals surface area contributed by atoms with Gasteiger partial charge >= 0.3 is 0 Å².